The molecule has 0 bridgehead atoms. The fourth-order valence-electron chi connectivity index (χ4n) is 1.43. The van der Waals surface area contributed by atoms with Crippen LogP contribution >= 0.6 is 0 Å². The molecule has 0 unspecified atom stereocenters. The van der Waals surface area contributed by atoms with E-state index in [0.29, 0.717) is 11.5 Å². The Morgan fingerprint density at radius 1 is 1.53 bits per heavy atom. The zero-order chi connectivity index (χ0) is 11.1. The van der Waals surface area contributed by atoms with Crippen molar-refractivity contribution in [1.82, 2.24) is 10.3 Å². The smallest absolute Gasteiger partial charge is 0.208 e. The van der Waals surface area contributed by atoms with Gasteiger partial charge in [0.15, 0.2) is 0 Å². The van der Waals surface area contributed by atoms with Crippen LogP contribution in [0.3, 0.4) is 0 Å². The maximum atomic E-state index is 11.2. The van der Waals surface area contributed by atoms with Crippen LogP contribution in [0.4, 0.5) is 0 Å². The quantitative estimate of drug-likeness (QED) is 0.230. The van der Waals surface area contributed by atoms with Gasteiger partial charge in [0.1, 0.15) is 0 Å². The first-order valence-electron chi connectivity index (χ1n) is 5.39. The Kier molecular flexibility index (Phi) is 5.63. The fourth-order valence-corrected chi connectivity index (χ4v) is 2.48. The third-order valence-corrected chi connectivity index (χ3v) is 3.66. The van der Waals surface area contributed by atoms with Crippen molar-refractivity contribution in [1.29, 1.82) is 0 Å². The Labute approximate surface area is 93.5 Å². The fraction of sp³-hybridized carbons (Fsp3) is 0.889. The third kappa shape index (κ3) is 4.17. The van der Waals surface area contributed by atoms with Gasteiger partial charge in [0.2, 0.25) is 5.96 Å². The second kappa shape index (κ2) is 6.79. The minimum Gasteiger partial charge on any atom is -0.340 e. The molecule has 0 radical (unpaired) electrons. The van der Waals surface area contributed by atoms with E-state index in [2.05, 4.69) is 22.2 Å². The van der Waals surface area contributed by atoms with Gasteiger partial charge in [0.25, 0.3) is 0 Å². The zero-order valence-electron chi connectivity index (χ0n) is 9.24. The van der Waals surface area contributed by atoms with Gasteiger partial charge >= 0.3 is 0 Å². The highest BCUT2D eigenvalue weighted by Gasteiger charge is 2.17. The second-order valence-electron chi connectivity index (χ2n) is 3.54. The number of nitrogens with two attached hydrogens (primary N) is 1. The Morgan fingerprint density at radius 3 is 2.73 bits per heavy atom. The molecule has 0 atom stereocenters. The van der Waals surface area contributed by atoms with Crippen molar-refractivity contribution in [2.75, 3.05) is 31.1 Å². The SMILES string of the molecule is CCCCN=C(NN)N1CCS(=O)CC1. The number of nitrogens with one attached hydrogen (secondary N) is 1. The van der Waals surface area contributed by atoms with Crippen LogP contribution in [0.25, 0.3) is 0 Å². The van der Waals surface area contributed by atoms with E-state index in [0.717, 1.165) is 38.4 Å². The van der Waals surface area contributed by atoms with E-state index in [1.165, 1.54) is 0 Å². The lowest BCUT2D eigenvalue weighted by Gasteiger charge is -2.28. The molecule has 15 heavy (non-hydrogen) atoms. The summed E-state index contributed by atoms with van der Waals surface area (Å²) in [6.45, 7) is 4.49. The average molecular weight is 232 g/mol. The minimum atomic E-state index is -0.652. The summed E-state index contributed by atoms with van der Waals surface area (Å²) in [5.41, 5.74) is 2.62. The van der Waals surface area contributed by atoms with Crippen LogP contribution in [0.5, 0.6) is 0 Å². The van der Waals surface area contributed by atoms with Gasteiger partial charge in [-0.05, 0) is 6.42 Å². The highest BCUT2D eigenvalue weighted by Crippen LogP contribution is 2.00. The van der Waals surface area contributed by atoms with Gasteiger partial charge < -0.3 is 4.90 Å². The molecule has 1 fully saturated rings. The number of hydrogen-bond donors (Lipinski definition) is 2. The van der Waals surface area contributed by atoms with Crippen LogP contribution in [0.2, 0.25) is 0 Å². The predicted molar refractivity (Wildman–Crippen MR) is 64.0 cm³/mol. The van der Waals surface area contributed by atoms with Crippen LogP contribution < -0.4 is 11.3 Å². The van der Waals surface area contributed by atoms with Crippen molar-refractivity contribution in [3.05, 3.63) is 0 Å². The summed E-state index contributed by atoms with van der Waals surface area (Å²) in [5, 5.41) is 0. The lowest BCUT2D eigenvalue weighted by Crippen LogP contribution is -2.50. The molecule has 1 rings (SSSR count). The summed E-state index contributed by atoms with van der Waals surface area (Å²) >= 11 is 0. The van der Waals surface area contributed by atoms with E-state index in [-0.39, 0.29) is 0 Å². The van der Waals surface area contributed by atoms with Crippen LogP contribution in [-0.2, 0) is 10.8 Å². The molecule has 0 aliphatic carbocycles. The van der Waals surface area contributed by atoms with Gasteiger partial charge in [-0.2, -0.15) is 0 Å². The molecule has 0 saturated carbocycles. The highest BCUT2D eigenvalue weighted by molar-refractivity contribution is 7.85. The van der Waals surface area contributed by atoms with Crippen molar-refractivity contribution in [3.63, 3.8) is 0 Å². The number of hydrazine groups is 1. The van der Waals surface area contributed by atoms with Gasteiger partial charge in [-0.1, -0.05) is 13.3 Å². The molecule has 1 aliphatic heterocycles. The van der Waals surface area contributed by atoms with Crippen LogP contribution in [0.1, 0.15) is 19.8 Å². The number of hydrogen-bond acceptors (Lipinski definition) is 3. The highest BCUT2D eigenvalue weighted by atomic mass is 32.2. The van der Waals surface area contributed by atoms with E-state index in [4.69, 9.17) is 5.84 Å². The van der Waals surface area contributed by atoms with Crippen LogP contribution in [0.15, 0.2) is 4.99 Å². The molecule has 0 aromatic carbocycles. The monoisotopic (exact) mass is 232 g/mol. The topological polar surface area (TPSA) is 70.7 Å². The predicted octanol–water partition coefficient (Wildman–Crippen LogP) is -0.330. The third-order valence-electron chi connectivity index (χ3n) is 2.38. The van der Waals surface area contributed by atoms with Crippen molar-refractivity contribution >= 4 is 16.8 Å². The summed E-state index contributed by atoms with van der Waals surface area (Å²) in [5.74, 6) is 7.59. The number of nitrogens with zero attached hydrogens (tertiary/aromatic N) is 2. The maximum absolute atomic E-state index is 11.2. The molecule has 0 aromatic rings. The van der Waals surface area contributed by atoms with Crippen molar-refractivity contribution in [2.45, 2.75) is 19.8 Å². The molecule has 0 spiro atoms. The summed E-state index contributed by atoms with van der Waals surface area (Å²) in [4.78, 5) is 6.45. The lowest BCUT2D eigenvalue weighted by atomic mass is 10.3. The molecular weight excluding hydrogens is 212 g/mol. The summed E-state index contributed by atoms with van der Waals surface area (Å²) < 4.78 is 11.2. The van der Waals surface area contributed by atoms with Gasteiger partial charge in [-0.15, -0.1) is 0 Å². The van der Waals surface area contributed by atoms with Gasteiger partial charge in [0, 0.05) is 41.9 Å². The Balaban J connectivity index is 2.43. The molecule has 1 heterocycles. The summed E-state index contributed by atoms with van der Waals surface area (Å²) in [7, 11) is -0.652. The van der Waals surface area contributed by atoms with E-state index in [9.17, 15) is 4.21 Å². The number of rotatable bonds is 3. The summed E-state index contributed by atoms with van der Waals surface area (Å²) in [6.07, 6.45) is 2.20. The van der Waals surface area contributed by atoms with Crippen LogP contribution in [-0.4, -0.2) is 46.2 Å². The molecule has 1 aliphatic rings. The molecular formula is C9H20N4OS. The normalized spacial score (nSPS) is 19.3. The maximum Gasteiger partial charge on any atom is 0.208 e. The standard InChI is InChI=1S/C9H20N4OS/c1-2-3-4-11-9(12-10)13-5-7-15(14)8-6-13/h2-8,10H2,1H3,(H,11,12). The van der Waals surface area contributed by atoms with Crippen molar-refractivity contribution in [2.24, 2.45) is 10.8 Å². The molecule has 3 N–H and O–H groups in total. The minimum absolute atomic E-state index is 0.652. The largest absolute Gasteiger partial charge is 0.340 e. The van der Waals surface area contributed by atoms with Gasteiger partial charge in [-0.25, -0.2) is 5.84 Å². The van der Waals surface area contributed by atoms with Crippen molar-refractivity contribution < 1.29 is 4.21 Å². The Morgan fingerprint density at radius 2 is 2.20 bits per heavy atom. The number of unbranched alkanes of at least 4 members (excludes halogenated alkanes) is 1. The molecule has 0 aromatic heterocycles. The zero-order valence-corrected chi connectivity index (χ0v) is 10.1. The molecule has 0 amide bonds. The molecule has 6 heteroatoms. The van der Waals surface area contributed by atoms with Gasteiger partial charge in [0.05, 0.1) is 0 Å². The lowest BCUT2D eigenvalue weighted by molar-refractivity contribution is 0.436. The molecule has 5 nitrogen and oxygen atoms in total. The van der Waals surface area contributed by atoms with E-state index in [1.54, 1.807) is 0 Å². The number of guanidine groups is 1. The average Bonchev–Trinajstić information content (AvgIpc) is 2.26. The number of aliphatic imine (C=N–C) groups is 1. The first-order valence-corrected chi connectivity index (χ1v) is 6.87. The molecule has 1 saturated heterocycles. The summed E-state index contributed by atoms with van der Waals surface area (Å²) in [6, 6.07) is 0. The second-order valence-corrected chi connectivity index (χ2v) is 5.23. The first-order chi connectivity index (χ1) is 7.27. The van der Waals surface area contributed by atoms with E-state index >= 15 is 0 Å². The Hall–Kier alpha value is -0.620. The van der Waals surface area contributed by atoms with E-state index in [1.807, 2.05) is 0 Å². The Bertz CT molecular complexity index is 234. The van der Waals surface area contributed by atoms with Crippen LogP contribution in [0, 0.1) is 0 Å². The van der Waals surface area contributed by atoms with Crippen molar-refractivity contribution in [3.8, 4) is 0 Å². The van der Waals surface area contributed by atoms with E-state index < -0.39 is 10.8 Å². The van der Waals surface area contributed by atoms with Gasteiger partial charge in [-0.3, -0.25) is 14.6 Å². The first kappa shape index (κ1) is 12.4. The molecule has 88 valence electrons.